The molecule has 0 bridgehead atoms. The van der Waals surface area contributed by atoms with Crippen molar-refractivity contribution < 1.29 is 9.53 Å². The van der Waals surface area contributed by atoms with Crippen LogP contribution in [0.25, 0.3) is 0 Å². The van der Waals surface area contributed by atoms with Crippen LogP contribution in [-0.2, 0) is 4.43 Å². The van der Waals surface area contributed by atoms with Gasteiger partial charge in [-0.2, -0.15) is 0 Å². The second-order valence-electron chi connectivity index (χ2n) is 9.67. The Balaban J connectivity index is 4.98. The van der Waals surface area contributed by atoms with Crippen molar-refractivity contribution >= 4 is 16.4 Å². The summed E-state index contributed by atoms with van der Waals surface area (Å²) in [4.78, 5) is 0. The zero-order valence-electron chi connectivity index (χ0n) is 18.6. The Hall–Kier alpha value is -0.606. The first-order chi connectivity index (χ1) is 11.8. The Morgan fingerprint density at radius 3 is 2.15 bits per heavy atom. The van der Waals surface area contributed by atoms with E-state index in [0.717, 1.165) is 12.8 Å². The van der Waals surface area contributed by atoms with Crippen molar-refractivity contribution in [2.45, 2.75) is 103 Å². The molecule has 0 rings (SSSR count). The number of hydrogen-bond acceptors (Lipinski definition) is 2. The third-order valence-corrected chi connectivity index (χ3v) is 10.2. The van der Waals surface area contributed by atoms with Gasteiger partial charge < -0.3 is 9.53 Å². The van der Waals surface area contributed by atoms with Crippen LogP contribution < -0.4 is 0 Å². The molecule has 0 aromatic heterocycles. The van der Waals surface area contributed by atoms with Crippen LogP contribution in [0.1, 0.15) is 53.4 Å². The second-order valence-corrected chi connectivity index (χ2v) is 19.2. The second kappa shape index (κ2) is 11.3. The van der Waals surface area contributed by atoms with Gasteiger partial charge in [0, 0.05) is 0 Å². The highest BCUT2D eigenvalue weighted by atomic mass is 28.4. The molecule has 0 aliphatic carbocycles. The quantitative estimate of drug-likeness (QED) is 0.215. The van der Waals surface area contributed by atoms with Crippen molar-refractivity contribution in [3.05, 3.63) is 24.3 Å². The third-order valence-electron chi connectivity index (χ3n) is 4.77. The minimum Gasteiger partial charge on any atom is -0.411 e. The summed E-state index contributed by atoms with van der Waals surface area (Å²) in [6.45, 7) is 20.1. The zero-order valence-corrected chi connectivity index (χ0v) is 20.6. The summed E-state index contributed by atoms with van der Waals surface area (Å²) in [5, 5.41) is 10.8. The van der Waals surface area contributed by atoms with Crippen LogP contribution in [0.4, 0.5) is 0 Å². The number of unbranched alkanes of at least 4 members (excludes halogenated alkanes) is 2. The SMILES string of the molecule is CCCCC[C@H](O[Si](C)(C)C(C)(C)C)[C@H](O)/C=C\C=C\C#C[Si](C)(C)C. The number of aliphatic hydroxyl groups is 1. The molecule has 0 saturated carbocycles. The lowest BCUT2D eigenvalue weighted by Crippen LogP contribution is -2.46. The van der Waals surface area contributed by atoms with E-state index in [1.165, 1.54) is 12.8 Å². The van der Waals surface area contributed by atoms with Gasteiger partial charge in [-0.3, -0.25) is 0 Å². The molecular formula is C22H42O2Si2. The molecule has 0 spiro atoms. The highest BCUT2D eigenvalue weighted by Gasteiger charge is 2.40. The number of allylic oxidation sites excluding steroid dienone is 3. The Kier molecular flexibility index (Phi) is 11.0. The van der Waals surface area contributed by atoms with Crippen molar-refractivity contribution in [1.82, 2.24) is 0 Å². The van der Waals surface area contributed by atoms with Crippen molar-refractivity contribution in [3.63, 3.8) is 0 Å². The molecule has 0 aromatic carbocycles. The minimum absolute atomic E-state index is 0.125. The van der Waals surface area contributed by atoms with Crippen LogP contribution in [0.2, 0.25) is 37.8 Å². The molecule has 0 aliphatic rings. The lowest BCUT2D eigenvalue weighted by atomic mass is 10.1. The molecule has 26 heavy (non-hydrogen) atoms. The molecule has 2 atom stereocenters. The molecule has 0 heterocycles. The van der Waals surface area contributed by atoms with E-state index in [1.54, 1.807) is 0 Å². The maximum atomic E-state index is 10.7. The molecule has 0 amide bonds. The largest absolute Gasteiger partial charge is 0.411 e. The molecule has 0 radical (unpaired) electrons. The zero-order chi connectivity index (χ0) is 20.4. The molecule has 0 fully saturated rings. The fraction of sp³-hybridized carbons (Fsp3) is 0.727. The molecule has 150 valence electrons. The summed E-state index contributed by atoms with van der Waals surface area (Å²) in [7, 11) is -3.22. The van der Waals surface area contributed by atoms with E-state index in [0.29, 0.717) is 0 Å². The highest BCUT2D eigenvalue weighted by Crippen LogP contribution is 2.38. The first kappa shape index (κ1) is 25.4. The van der Waals surface area contributed by atoms with Crippen molar-refractivity contribution in [3.8, 4) is 11.5 Å². The predicted molar refractivity (Wildman–Crippen MR) is 122 cm³/mol. The van der Waals surface area contributed by atoms with Gasteiger partial charge in [-0.25, -0.2) is 0 Å². The summed E-state index contributed by atoms with van der Waals surface area (Å²) >= 11 is 0. The van der Waals surface area contributed by atoms with E-state index in [-0.39, 0.29) is 11.1 Å². The minimum atomic E-state index is -1.90. The van der Waals surface area contributed by atoms with Gasteiger partial charge in [0.25, 0.3) is 0 Å². The number of hydrogen-bond donors (Lipinski definition) is 1. The molecule has 4 heteroatoms. The normalized spacial score (nSPS) is 15.9. The fourth-order valence-electron chi connectivity index (χ4n) is 2.11. The first-order valence-electron chi connectivity index (χ1n) is 10.0. The van der Waals surface area contributed by atoms with Crippen molar-refractivity contribution in [1.29, 1.82) is 0 Å². The maximum absolute atomic E-state index is 10.7. The van der Waals surface area contributed by atoms with Crippen LogP contribution in [0.5, 0.6) is 0 Å². The molecule has 0 aromatic rings. The third kappa shape index (κ3) is 11.2. The lowest BCUT2D eigenvalue weighted by Gasteiger charge is -2.40. The average molecular weight is 395 g/mol. The predicted octanol–water partition coefficient (Wildman–Crippen LogP) is 6.31. The number of aliphatic hydroxyl groups excluding tert-OH is 1. The van der Waals surface area contributed by atoms with Gasteiger partial charge in [-0.15, -0.1) is 5.54 Å². The standard InChI is InChI=1S/C22H42O2Si2/c1-10-11-14-18-21(24-26(8,9)22(2,3)4)20(23)17-15-12-13-16-19-25(5,6)7/h12-13,15,17,20-21,23H,10-11,14,18H2,1-9H3/b13-12+,17-15-/t20-,21+/m1/s1. The van der Waals surface area contributed by atoms with E-state index in [4.69, 9.17) is 4.43 Å². The van der Waals surface area contributed by atoms with Gasteiger partial charge in [0.15, 0.2) is 8.32 Å². The average Bonchev–Trinajstić information content (AvgIpc) is 2.47. The van der Waals surface area contributed by atoms with E-state index >= 15 is 0 Å². The summed E-state index contributed by atoms with van der Waals surface area (Å²) in [5.41, 5.74) is 3.30. The van der Waals surface area contributed by atoms with Gasteiger partial charge in [0.1, 0.15) is 8.07 Å². The Morgan fingerprint density at radius 1 is 1.04 bits per heavy atom. The molecule has 0 saturated heterocycles. The molecule has 0 unspecified atom stereocenters. The highest BCUT2D eigenvalue weighted by molar-refractivity contribution is 6.83. The van der Waals surface area contributed by atoms with E-state index in [1.807, 2.05) is 24.3 Å². The van der Waals surface area contributed by atoms with Crippen LogP contribution >= 0.6 is 0 Å². The summed E-state index contributed by atoms with van der Waals surface area (Å²) in [6.07, 6.45) is 11.2. The van der Waals surface area contributed by atoms with E-state index in [9.17, 15) is 5.11 Å². The van der Waals surface area contributed by atoms with Crippen LogP contribution in [-0.4, -0.2) is 33.7 Å². The number of rotatable bonds is 9. The monoisotopic (exact) mass is 394 g/mol. The Bertz CT molecular complexity index is 511. The molecule has 2 nitrogen and oxygen atoms in total. The summed E-state index contributed by atoms with van der Waals surface area (Å²) in [5.74, 6) is 3.10. The summed E-state index contributed by atoms with van der Waals surface area (Å²) in [6, 6.07) is 0. The van der Waals surface area contributed by atoms with Gasteiger partial charge in [0.05, 0.1) is 12.2 Å². The van der Waals surface area contributed by atoms with Crippen LogP contribution in [0, 0.1) is 11.5 Å². The van der Waals surface area contributed by atoms with E-state index < -0.39 is 22.5 Å². The van der Waals surface area contributed by atoms with Crippen LogP contribution in [0.3, 0.4) is 0 Å². The van der Waals surface area contributed by atoms with E-state index in [2.05, 4.69) is 71.9 Å². The van der Waals surface area contributed by atoms with Crippen molar-refractivity contribution in [2.24, 2.45) is 0 Å². The topological polar surface area (TPSA) is 29.5 Å². The van der Waals surface area contributed by atoms with Crippen LogP contribution in [0.15, 0.2) is 24.3 Å². The molecular weight excluding hydrogens is 352 g/mol. The van der Waals surface area contributed by atoms with Gasteiger partial charge in [0.2, 0.25) is 0 Å². The molecule has 0 aliphatic heterocycles. The Morgan fingerprint density at radius 2 is 1.65 bits per heavy atom. The van der Waals surface area contributed by atoms with Gasteiger partial charge in [-0.05, 0) is 30.6 Å². The summed E-state index contributed by atoms with van der Waals surface area (Å²) < 4.78 is 6.52. The maximum Gasteiger partial charge on any atom is 0.192 e. The fourth-order valence-corrected chi connectivity index (χ4v) is 4.00. The van der Waals surface area contributed by atoms with Crippen molar-refractivity contribution in [2.75, 3.05) is 0 Å². The van der Waals surface area contributed by atoms with Gasteiger partial charge in [-0.1, -0.05) is 90.7 Å². The Labute approximate surface area is 165 Å². The smallest absolute Gasteiger partial charge is 0.192 e. The molecule has 1 N–H and O–H groups in total. The lowest BCUT2D eigenvalue weighted by molar-refractivity contribution is 0.0495. The van der Waals surface area contributed by atoms with Gasteiger partial charge >= 0.3 is 0 Å². The first-order valence-corrected chi connectivity index (χ1v) is 16.4.